The number of ether oxygens (including phenoxy) is 1. The number of rotatable bonds is 0. The predicted octanol–water partition coefficient (Wildman–Crippen LogP) is 1.52. The summed E-state index contributed by atoms with van der Waals surface area (Å²) in [5.41, 5.74) is -0.111. The first-order chi connectivity index (χ1) is 7.84. The topological polar surface area (TPSA) is 32.8 Å². The molecule has 2 aliphatic rings. The van der Waals surface area contributed by atoms with E-state index in [1.165, 1.54) is 0 Å². The Hall–Kier alpha value is -1.37. The Morgan fingerprint density at radius 1 is 1.24 bits per heavy atom. The van der Waals surface area contributed by atoms with Crippen molar-refractivity contribution in [1.29, 1.82) is 0 Å². The highest BCUT2D eigenvalue weighted by molar-refractivity contribution is 5.69. The monoisotopic (exact) mass is 236 g/mol. The van der Waals surface area contributed by atoms with Gasteiger partial charge in [-0.15, -0.1) is 0 Å². The second kappa shape index (κ2) is 3.83. The first kappa shape index (κ1) is 12.1. The van der Waals surface area contributed by atoms with E-state index < -0.39 is 5.60 Å². The fourth-order valence-electron chi connectivity index (χ4n) is 2.42. The van der Waals surface area contributed by atoms with E-state index >= 15 is 0 Å². The SMILES string of the molecule is CC#CN1CC2(C1)CN(C(=O)OC(C)(C)C)C2. The van der Waals surface area contributed by atoms with Crippen molar-refractivity contribution in [1.82, 2.24) is 9.80 Å². The van der Waals surface area contributed by atoms with E-state index in [0.29, 0.717) is 5.41 Å². The average Bonchev–Trinajstić information content (AvgIpc) is 2.03. The fourth-order valence-corrected chi connectivity index (χ4v) is 2.42. The van der Waals surface area contributed by atoms with E-state index in [0.717, 1.165) is 26.2 Å². The van der Waals surface area contributed by atoms with Crippen LogP contribution in [0.4, 0.5) is 4.79 Å². The zero-order valence-corrected chi connectivity index (χ0v) is 11.0. The summed E-state index contributed by atoms with van der Waals surface area (Å²) in [5, 5.41) is 0. The third kappa shape index (κ3) is 2.49. The molecule has 0 unspecified atom stereocenters. The van der Waals surface area contributed by atoms with Gasteiger partial charge in [0.1, 0.15) is 5.60 Å². The first-order valence-electron chi connectivity index (χ1n) is 5.99. The van der Waals surface area contributed by atoms with Crippen LogP contribution in [-0.2, 0) is 4.74 Å². The van der Waals surface area contributed by atoms with Crippen LogP contribution in [0.3, 0.4) is 0 Å². The van der Waals surface area contributed by atoms with Crippen molar-refractivity contribution in [2.24, 2.45) is 5.41 Å². The van der Waals surface area contributed by atoms with Gasteiger partial charge >= 0.3 is 6.09 Å². The number of likely N-dealkylation sites (tertiary alicyclic amines) is 2. The molecule has 0 bridgehead atoms. The van der Waals surface area contributed by atoms with Crippen molar-refractivity contribution < 1.29 is 9.53 Å². The number of nitrogens with zero attached hydrogens (tertiary/aromatic N) is 2. The Bertz CT molecular complexity index is 372. The smallest absolute Gasteiger partial charge is 0.410 e. The Balaban J connectivity index is 1.76. The second-order valence-corrected chi connectivity index (χ2v) is 6.05. The molecule has 1 amide bonds. The highest BCUT2D eigenvalue weighted by atomic mass is 16.6. The molecule has 2 heterocycles. The average molecular weight is 236 g/mol. The molecule has 0 aromatic carbocycles. The molecular formula is C13H20N2O2. The maximum Gasteiger partial charge on any atom is 0.410 e. The van der Waals surface area contributed by atoms with Crippen LogP contribution in [0.1, 0.15) is 27.7 Å². The number of carbonyl (C=O) groups is 1. The number of amides is 1. The van der Waals surface area contributed by atoms with Gasteiger partial charge in [0, 0.05) is 37.6 Å². The second-order valence-electron chi connectivity index (χ2n) is 6.05. The van der Waals surface area contributed by atoms with Gasteiger partial charge in [-0.2, -0.15) is 0 Å². The minimum absolute atomic E-state index is 0.192. The summed E-state index contributed by atoms with van der Waals surface area (Å²) >= 11 is 0. The van der Waals surface area contributed by atoms with E-state index in [9.17, 15) is 4.79 Å². The lowest BCUT2D eigenvalue weighted by Gasteiger charge is -2.58. The van der Waals surface area contributed by atoms with Crippen molar-refractivity contribution in [3.63, 3.8) is 0 Å². The lowest BCUT2D eigenvalue weighted by molar-refractivity contribution is -0.0923. The summed E-state index contributed by atoms with van der Waals surface area (Å²) in [4.78, 5) is 15.6. The molecule has 2 fully saturated rings. The zero-order chi connectivity index (χ0) is 12.7. The van der Waals surface area contributed by atoms with Gasteiger partial charge in [-0.25, -0.2) is 4.79 Å². The number of hydrogen-bond donors (Lipinski definition) is 0. The van der Waals surface area contributed by atoms with Gasteiger partial charge in [0.25, 0.3) is 0 Å². The zero-order valence-electron chi connectivity index (χ0n) is 11.0. The Morgan fingerprint density at radius 2 is 1.82 bits per heavy atom. The van der Waals surface area contributed by atoms with Gasteiger partial charge in [-0.3, -0.25) is 0 Å². The van der Waals surface area contributed by atoms with E-state index in [-0.39, 0.29) is 6.09 Å². The van der Waals surface area contributed by atoms with E-state index in [2.05, 4.69) is 16.9 Å². The summed E-state index contributed by atoms with van der Waals surface area (Å²) in [6.07, 6.45) is -0.192. The maximum atomic E-state index is 11.7. The standard InChI is InChI=1S/C13H20N2O2/c1-5-6-14-7-13(8-14)9-15(10-13)11(16)17-12(2,3)4/h7-10H2,1-4H3. The Labute approximate surface area is 103 Å². The lowest BCUT2D eigenvalue weighted by atomic mass is 9.73. The molecule has 0 N–H and O–H groups in total. The molecular weight excluding hydrogens is 216 g/mol. The lowest BCUT2D eigenvalue weighted by Crippen LogP contribution is -2.72. The van der Waals surface area contributed by atoms with Gasteiger partial charge in [0.05, 0.1) is 0 Å². The normalized spacial score (nSPS) is 21.2. The molecule has 0 radical (unpaired) electrons. The summed E-state index contributed by atoms with van der Waals surface area (Å²) in [5.74, 6) is 2.89. The molecule has 4 heteroatoms. The molecule has 0 aromatic heterocycles. The molecule has 0 saturated carbocycles. The van der Waals surface area contributed by atoms with E-state index in [4.69, 9.17) is 4.74 Å². The highest BCUT2D eigenvalue weighted by Gasteiger charge is 2.53. The molecule has 2 rings (SSSR count). The van der Waals surface area contributed by atoms with Crippen LogP contribution in [0.2, 0.25) is 0 Å². The summed E-state index contributed by atoms with van der Waals surface area (Å²) < 4.78 is 5.32. The van der Waals surface area contributed by atoms with Gasteiger partial charge in [0.15, 0.2) is 0 Å². The molecule has 4 nitrogen and oxygen atoms in total. The number of hydrogen-bond acceptors (Lipinski definition) is 3. The van der Waals surface area contributed by atoms with Crippen molar-refractivity contribution in [2.45, 2.75) is 33.3 Å². The molecule has 2 aliphatic heterocycles. The van der Waals surface area contributed by atoms with Crippen LogP contribution in [0.25, 0.3) is 0 Å². The van der Waals surface area contributed by atoms with Crippen LogP contribution < -0.4 is 0 Å². The van der Waals surface area contributed by atoms with E-state index in [1.807, 2.05) is 27.7 Å². The van der Waals surface area contributed by atoms with Gasteiger partial charge < -0.3 is 14.5 Å². The number of carbonyl (C=O) groups excluding carboxylic acids is 1. The third-order valence-corrected chi connectivity index (χ3v) is 3.03. The van der Waals surface area contributed by atoms with Crippen molar-refractivity contribution >= 4 is 6.09 Å². The van der Waals surface area contributed by atoms with Crippen molar-refractivity contribution in [3.05, 3.63) is 0 Å². The van der Waals surface area contributed by atoms with E-state index in [1.54, 1.807) is 4.90 Å². The molecule has 94 valence electrons. The molecule has 0 atom stereocenters. The van der Waals surface area contributed by atoms with Crippen molar-refractivity contribution in [3.8, 4) is 12.0 Å². The van der Waals surface area contributed by atoms with Gasteiger partial charge in [0.2, 0.25) is 0 Å². The summed E-state index contributed by atoms with van der Waals surface area (Å²) in [7, 11) is 0. The third-order valence-electron chi connectivity index (χ3n) is 3.03. The summed E-state index contributed by atoms with van der Waals surface area (Å²) in [6.45, 7) is 11.1. The fraction of sp³-hybridized carbons (Fsp3) is 0.769. The Morgan fingerprint density at radius 3 is 2.29 bits per heavy atom. The molecule has 0 aromatic rings. The van der Waals surface area contributed by atoms with Gasteiger partial charge in [-0.05, 0) is 27.7 Å². The molecule has 17 heavy (non-hydrogen) atoms. The molecule has 0 aliphatic carbocycles. The van der Waals surface area contributed by atoms with Crippen LogP contribution in [-0.4, -0.2) is 47.7 Å². The highest BCUT2D eigenvalue weighted by Crippen LogP contribution is 2.39. The van der Waals surface area contributed by atoms with Crippen LogP contribution >= 0.6 is 0 Å². The molecule has 1 spiro atoms. The molecule has 2 saturated heterocycles. The van der Waals surface area contributed by atoms with Crippen molar-refractivity contribution in [2.75, 3.05) is 26.2 Å². The quantitative estimate of drug-likeness (QED) is 0.598. The minimum Gasteiger partial charge on any atom is -0.444 e. The maximum absolute atomic E-state index is 11.7. The minimum atomic E-state index is -0.404. The van der Waals surface area contributed by atoms with Crippen LogP contribution in [0.5, 0.6) is 0 Å². The predicted molar refractivity (Wildman–Crippen MR) is 65.3 cm³/mol. The largest absolute Gasteiger partial charge is 0.444 e. The van der Waals surface area contributed by atoms with Crippen LogP contribution in [0, 0.1) is 17.4 Å². The summed E-state index contributed by atoms with van der Waals surface area (Å²) in [6, 6.07) is 3.04. The van der Waals surface area contributed by atoms with Gasteiger partial charge in [-0.1, -0.05) is 5.92 Å². The van der Waals surface area contributed by atoms with Crippen LogP contribution in [0.15, 0.2) is 0 Å². The first-order valence-corrected chi connectivity index (χ1v) is 5.99. The Kier molecular flexibility index (Phi) is 2.73.